The summed E-state index contributed by atoms with van der Waals surface area (Å²) in [6, 6.07) is 11.8. The van der Waals surface area contributed by atoms with Crippen LogP contribution in [0.4, 0.5) is 0 Å². The molecule has 0 saturated carbocycles. The summed E-state index contributed by atoms with van der Waals surface area (Å²) >= 11 is 0. The van der Waals surface area contributed by atoms with Gasteiger partial charge in [0.2, 0.25) is 0 Å². The van der Waals surface area contributed by atoms with Gasteiger partial charge in [-0.2, -0.15) is 5.10 Å². The van der Waals surface area contributed by atoms with E-state index < -0.39 is 0 Å². The van der Waals surface area contributed by atoms with Crippen molar-refractivity contribution in [2.24, 2.45) is 0 Å². The zero-order valence-electron chi connectivity index (χ0n) is 16.3. The summed E-state index contributed by atoms with van der Waals surface area (Å²) in [7, 11) is 0. The van der Waals surface area contributed by atoms with Crippen molar-refractivity contribution < 1.29 is 9.21 Å². The van der Waals surface area contributed by atoms with Crippen molar-refractivity contribution in [3.8, 4) is 11.4 Å². The molecular formula is C21H25N5O2. The summed E-state index contributed by atoms with van der Waals surface area (Å²) in [5.41, 5.74) is 1.60. The number of hydrogen-bond donors (Lipinski definition) is 0. The van der Waals surface area contributed by atoms with Crippen LogP contribution in [0, 0.1) is 0 Å². The van der Waals surface area contributed by atoms with Gasteiger partial charge in [0.05, 0.1) is 12.8 Å². The van der Waals surface area contributed by atoms with Gasteiger partial charge in [-0.05, 0) is 38.1 Å². The molecule has 1 saturated heterocycles. The average molecular weight is 379 g/mol. The van der Waals surface area contributed by atoms with Crippen LogP contribution in [0.25, 0.3) is 11.4 Å². The van der Waals surface area contributed by atoms with Crippen molar-refractivity contribution in [2.45, 2.75) is 26.4 Å². The number of benzene rings is 1. The molecular weight excluding hydrogens is 354 g/mol. The van der Waals surface area contributed by atoms with E-state index >= 15 is 0 Å². The number of nitrogens with zero attached hydrogens (tertiary/aromatic N) is 5. The summed E-state index contributed by atoms with van der Waals surface area (Å²) in [6.45, 7) is 8.03. The molecule has 1 fully saturated rings. The first-order valence-corrected chi connectivity index (χ1v) is 9.66. The molecule has 1 aliphatic heterocycles. The summed E-state index contributed by atoms with van der Waals surface area (Å²) in [5, 5.41) is 4.29. The molecule has 28 heavy (non-hydrogen) atoms. The maximum atomic E-state index is 13.0. The van der Waals surface area contributed by atoms with Crippen molar-refractivity contribution in [1.29, 1.82) is 0 Å². The highest BCUT2D eigenvalue weighted by Gasteiger charge is 2.23. The summed E-state index contributed by atoms with van der Waals surface area (Å²) in [4.78, 5) is 21.6. The highest BCUT2D eigenvalue weighted by atomic mass is 16.3. The lowest BCUT2D eigenvalue weighted by Gasteiger charge is -2.34. The normalized spacial score (nSPS) is 15.3. The first-order chi connectivity index (χ1) is 13.6. The standard InChI is InChI=1S/C21H25N5O2/c1-16(2)26-20(22-15-23-26)17-5-3-6-18(13-17)21(27)25-10-8-24(9-11-25)14-19-7-4-12-28-19/h3-7,12-13,15-16H,8-11,14H2,1-2H3. The number of amides is 1. The number of carbonyl (C=O) groups is 1. The lowest BCUT2D eigenvalue weighted by molar-refractivity contribution is 0.0620. The van der Waals surface area contributed by atoms with E-state index in [1.807, 2.05) is 46.0 Å². The molecule has 0 unspecified atom stereocenters. The summed E-state index contributed by atoms with van der Waals surface area (Å²) in [5.74, 6) is 1.81. The Kier molecular flexibility index (Phi) is 5.25. The van der Waals surface area contributed by atoms with E-state index in [1.165, 1.54) is 0 Å². The third kappa shape index (κ3) is 3.84. The van der Waals surface area contributed by atoms with Crippen LogP contribution in [0.1, 0.15) is 36.0 Å². The minimum atomic E-state index is 0.0649. The Labute approximate surface area is 164 Å². The molecule has 3 heterocycles. The Morgan fingerprint density at radius 2 is 1.96 bits per heavy atom. The van der Waals surface area contributed by atoms with Crippen LogP contribution in [-0.4, -0.2) is 56.7 Å². The molecule has 146 valence electrons. The molecule has 2 aromatic heterocycles. The maximum Gasteiger partial charge on any atom is 0.253 e. The zero-order valence-corrected chi connectivity index (χ0v) is 16.3. The van der Waals surface area contributed by atoms with Crippen LogP contribution in [0.5, 0.6) is 0 Å². The quantitative estimate of drug-likeness (QED) is 0.681. The predicted octanol–water partition coefficient (Wildman–Crippen LogP) is 3.08. The van der Waals surface area contributed by atoms with Gasteiger partial charge in [-0.3, -0.25) is 9.69 Å². The molecule has 1 aromatic carbocycles. The van der Waals surface area contributed by atoms with Gasteiger partial charge in [-0.1, -0.05) is 12.1 Å². The number of piperazine rings is 1. The molecule has 0 radical (unpaired) electrons. The van der Waals surface area contributed by atoms with Gasteiger partial charge in [0.1, 0.15) is 12.1 Å². The van der Waals surface area contributed by atoms with Gasteiger partial charge in [-0.25, -0.2) is 9.67 Å². The smallest absolute Gasteiger partial charge is 0.253 e. The number of carbonyl (C=O) groups excluding carboxylic acids is 1. The van der Waals surface area contributed by atoms with Gasteiger partial charge in [0.25, 0.3) is 5.91 Å². The first kappa shape index (κ1) is 18.4. The third-order valence-electron chi connectivity index (χ3n) is 5.05. The predicted molar refractivity (Wildman–Crippen MR) is 106 cm³/mol. The number of rotatable bonds is 5. The van der Waals surface area contributed by atoms with Crippen LogP contribution in [0.2, 0.25) is 0 Å². The third-order valence-corrected chi connectivity index (χ3v) is 5.05. The molecule has 0 N–H and O–H groups in total. The van der Waals surface area contributed by atoms with Gasteiger partial charge in [0.15, 0.2) is 5.82 Å². The van der Waals surface area contributed by atoms with Crippen molar-refractivity contribution in [3.05, 3.63) is 60.3 Å². The van der Waals surface area contributed by atoms with Gasteiger partial charge >= 0.3 is 0 Å². The molecule has 3 aromatic rings. The average Bonchev–Trinajstić information content (AvgIpc) is 3.40. The van der Waals surface area contributed by atoms with Crippen molar-refractivity contribution in [3.63, 3.8) is 0 Å². The molecule has 1 amide bonds. The minimum absolute atomic E-state index is 0.0649. The molecule has 7 nitrogen and oxygen atoms in total. The van der Waals surface area contributed by atoms with Crippen LogP contribution in [-0.2, 0) is 6.54 Å². The van der Waals surface area contributed by atoms with Gasteiger partial charge in [0, 0.05) is 43.3 Å². The zero-order chi connectivity index (χ0) is 19.5. The van der Waals surface area contributed by atoms with E-state index in [2.05, 4.69) is 28.8 Å². The fourth-order valence-electron chi connectivity index (χ4n) is 3.54. The Balaban J connectivity index is 1.43. The number of hydrogen-bond acceptors (Lipinski definition) is 5. The van der Waals surface area contributed by atoms with Crippen LogP contribution >= 0.6 is 0 Å². The highest BCUT2D eigenvalue weighted by Crippen LogP contribution is 2.22. The van der Waals surface area contributed by atoms with E-state index in [4.69, 9.17) is 4.42 Å². The highest BCUT2D eigenvalue weighted by molar-refractivity contribution is 5.95. The molecule has 7 heteroatoms. The lowest BCUT2D eigenvalue weighted by atomic mass is 10.1. The fourth-order valence-corrected chi connectivity index (χ4v) is 3.54. The van der Waals surface area contributed by atoms with Crippen LogP contribution in [0.3, 0.4) is 0 Å². The van der Waals surface area contributed by atoms with Crippen molar-refractivity contribution in [1.82, 2.24) is 24.6 Å². The Morgan fingerprint density at radius 3 is 2.68 bits per heavy atom. The Morgan fingerprint density at radius 1 is 1.14 bits per heavy atom. The van der Waals surface area contributed by atoms with E-state index in [9.17, 15) is 4.79 Å². The van der Waals surface area contributed by atoms with Crippen molar-refractivity contribution in [2.75, 3.05) is 26.2 Å². The van der Waals surface area contributed by atoms with Crippen LogP contribution in [0.15, 0.2) is 53.4 Å². The molecule has 1 aliphatic rings. The topological polar surface area (TPSA) is 67.4 Å². The fraction of sp³-hybridized carbons (Fsp3) is 0.381. The summed E-state index contributed by atoms with van der Waals surface area (Å²) < 4.78 is 7.29. The van der Waals surface area contributed by atoms with E-state index in [1.54, 1.807) is 12.6 Å². The number of aromatic nitrogens is 3. The summed E-state index contributed by atoms with van der Waals surface area (Å²) in [6.07, 6.45) is 3.25. The first-order valence-electron chi connectivity index (χ1n) is 9.66. The Hall–Kier alpha value is -2.93. The lowest BCUT2D eigenvalue weighted by Crippen LogP contribution is -2.48. The monoisotopic (exact) mass is 379 g/mol. The largest absolute Gasteiger partial charge is 0.468 e. The van der Waals surface area contributed by atoms with Crippen molar-refractivity contribution >= 4 is 5.91 Å². The van der Waals surface area contributed by atoms with Crippen LogP contribution < -0.4 is 0 Å². The molecule has 0 spiro atoms. The second-order valence-electron chi connectivity index (χ2n) is 7.35. The maximum absolute atomic E-state index is 13.0. The second kappa shape index (κ2) is 7.98. The molecule has 4 rings (SSSR count). The SMILES string of the molecule is CC(C)n1ncnc1-c1cccc(C(=O)N2CCN(Cc3ccco3)CC2)c1. The van der Waals surface area contributed by atoms with Gasteiger partial charge < -0.3 is 9.32 Å². The molecule has 0 aliphatic carbocycles. The van der Waals surface area contributed by atoms with E-state index in [0.29, 0.717) is 18.7 Å². The second-order valence-corrected chi connectivity index (χ2v) is 7.35. The van der Waals surface area contributed by atoms with E-state index in [0.717, 1.165) is 36.8 Å². The Bertz CT molecular complexity index is 924. The number of furan rings is 1. The van der Waals surface area contributed by atoms with E-state index in [-0.39, 0.29) is 11.9 Å². The molecule has 0 bridgehead atoms. The molecule has 0 atom stereocenters. The minimum Gasteiger partial charge on any atom is -0.468 e. The van der Waals surface area contributed by atoms with Gasteiger partial charge in [-0.15, -0.1) is 0 Å².